The number of benzene rings is 8. The minimum Gasteiger partial charge on any atom is -0.313 e. The third-order valence-electron chi connectivity index (χ3n) is 15.6. The van der Waals surface area contributed by atoms with Crippen molar-refractivity contribution < 1.29 is 0 Å². The summed E-state index contributed by atoms with van der Waals surface area (Å²) in [5.74, 6) is 0.708. The van der Waals surface area contributed by atoms with Gasteiger partial charge in [0.05, 0.1) is 5.52 Å². The summed E-state index contributed by atoms with van der Waals surface area (Å²) in [5.41, 5.74) is 19.4. The molecule has 318 valence electrons. The van der Waals surface area contributed by atoms with Crippen molar-refractivity contribution in [3.05, 3.63) is 249 Å². The van der Waals surface area contributed by atoms with Crippen molar-refractivity contribution in [2.24, 2.45) is 11.8 Å². The Morgan fingerprint density at radius 2 is 1.27 bits per heavy atom. The molecule has 0 N–H and O–H groups in total. The molecule has 5 aliphatic rings. The van der Waals surface area contributed by atoms with E-state index in [1.165, 1.54) is 115 Å². The summed E-state index contributed by atoms with van der Waals surface area (Å²) in [7, 11) is 0. The fourth-order valence-corrected chi connectivity index (χ4v) is 12.8. The summed E-state index contributed by atoms with van der Waals surface area (Å²) in [5, 5.41) is 11.9. The topological polar surface area (TPSA) is 4.93 Å². The Balaban J connectivity index is 1.00. The van der Waals surface area contributed by atoms with Crippen molar-refractivity contribution in [2.75, 3.05) is 0 Å². The van der Waals surface area contributed by atoms with Gasteiger partial charge in [0.2, 0.25) is 0 Å². The molecule has 0 bridgehead atoms. The molecule has 0 saturated heterocycles. The fourth-order valence-electron chi connectivity index (χ4n) is 12.8. The van der Waals surface area contributed by atoms with Crippen LogP contribution in [0.4, 0.5) is 0 Å². The van der Waals surface area contributed by atoms with Crippen LogP contribution in [0.3, 0.4) is 0 Å². The zero-order valence-electron chi connectivity index (χ0n) is 37.6. The molecule has 0 radical (unpaired) electrons. The Kier molecular flexibility index (Phi) is 8.87. The van der Waals surface area contributed by atoms with Crippen LogP contribution in [0.2, 0.25) is 0 Å². The second kappa shape index (κ2) is 15.4. The van der Waals surface area contributed by atoms with E-state index in [4.69, 9.17) is 0 Å². The monoisotopic (exact) mass is 855 g/mol. The Labute approximate surface area is 391 Å². The van der Waals surface area contributed by atoms with E-state index in [1.54, 1.807) is 11.1 Å². The van der Waals surface area contributed by atoms with E-state index in [0.29, 0.717) is 11.8 Å². The van der Waals surface area contributed by atoms with Crippen LogP contribution >= 0.6 is 0 Å². The number of hydrogen-bond donors (Lipinski definition) is 0. The van der Waals surface area contributed by atoms with Crippen molar-refractivity contribution in [1.29, 1.82) is 0 Å². The molecular formula is C66H49N. The van der Waals surface area contributed by atoms with E-state index in [0.717, 1.165) is 38.5 Å². The van der Waals surface area contributed by atoms with Crippen LogP contribution in [-0.4, -0.2) is 4.57 Å². The summed E-state index contributed by atoms with van der Waals surface area (Å²) >= 11 is 0. The first-order valence-corrected chi connectivity index (χ1v) is 24.4. The van der Waals surface area contributed by atoms with Crippen LogP contribution in [-0.2, 0) is 6.42 Å². The second-order valence-corrected chi connectivity index (χ2v) is 19.2. The van der Waals surface area contributed by atoms with Crippen LogP contribution in [0.5, 0.6) is 0 Å². The lowest BCUT2D eigenvalue weighted by molar-refractivity contribution is 0.622. The fraction of sp³-hybridized carbons (Fsp3) is 0.121. The smallest absolute Gasteiger partial charge is 0.0537 e. The van der Waals surface area contributed by atoms with Crippen LogP contribution in [0.1, 0.15) is 54.5 Å². The highest BCUT2D eigenvalue weighted by molar-refractivity contribution is 6.19. The van der Waals surface area contributed by atoms with E-state index in [-0.39, 0.29) is 0 Å². The molecule has 2 unspecified atom stereocenters. The normalized spacial score (nSPS) is 18.6. The van der Waals surface area contributed by atoms with Gasteiger partial charge < -0.3 is 4.57 Å². The van der Waals surface area contributed by atoms with Gasteiger partial charge in [-0.3, -0.25) is 0 Å². The molecule has 8 aromatic carbocycles. The number of para-hydroxylation sites is 1. The van der Waals surface area contributed by atoms with E-state index in [1.807, 2.05) is 0 Å². The SMILES string of the molecule is C1=CCC2C(=C1)C(c1ccc3ccccc3c1)=C1C=C(c3c4ccccc4c(-c4cccc(-n5c6c(c7ccccc75)C=CCC6)c4)c4ccccc34)CCC1=C2C1C=c2ccccc2=CC1. The number of fused-ring (bicyclic) bond motifs is 9. The number of hydrogen-bond acceptors (Lipinski definition) is 0. The lowest BCUT2D eigenvalue weighted by Gasteiger charge is -2.40. The van der Waals surface area contributed by atoms with Crippen molar-refractivity contribution >= 4 is 72.6 Å². The summed E-state index contributed by atoms with van der Waals surface area (Å²) in [6, 6.07) is 61.7. The summed E-state index contributed by atoms with van der Waals surface area (Å²) in [4.78, 5) is 0. The first-order chi connectivity index (χ1) is 33.2. The quantitative estimate of drug-likeness (QED) is 0.152. The first-order valence-electron chi connectivity index (χ1n) is 24.4. The summed E-state index contributed by atoms with van der Waals surface area (Å²) < 4.78 is 2.53. The summed E-state index contributed by atoms with van der Waals surface area (Å²) in [6.45, 7) is 0. The molecule has 1 nitrogen and oxygen atoms in total. The Morgan fingerprint density at radius 3 is 2.10 bits per heavy atom. The zero-order valence-corrected chi connectivity index (χ0v) is 37.6. The molecule has 2 atom stereocenters. The highest BCUT2D eigenvalue weighted by Crippen LogP contribution is 2.55. The van der Waals surface area contributed by atoms with Crippen molar-refractivity contribution in [1.82, 2.24) is 4.57 Å². The molecule has 0 aliphatic heterocycles. The van der Waals surface area contributed by atoms with E-state index in [9.17, 15) is 0 Å². The van der Waals surface area contributed by atoms with E-state index in [2.05, 4.69) is 217 Å². The Bertz CT molecular complexity index is 3870. The molecule has 5 aliphatic carbocycles. The van der Waals surface area contributed by atoms with Gasteiger partial charge in [0.25, 0.3) is 0 Å². The molecule has 0 spiro atoms. The maximum Gasteiger partial charge on any atom is 0.0537 e. The van der Waals surface area contributed by atoms with Crippen LogP contribution in [0, 0.1) is 11.8 Å². The zero-order chi connectivity index (χ0) is 44.0. The second-order valence-electron chi connectivity index (χ2n) is 19.2. The molecular weight excluding hydrogens is 807 g/mol. The van der Waals surface area contributed by atoms with Gasteiger partial charge in [0.15, 0.2) is 0 Å². The number of nitrogens with zero attached hydrogens (tertiary/aromatic N) is 1. The minimum absolute atomic E-state index is 0.350. The van der Waals surface area contributed by atoms with Crippen LogP contribution in [0.15, 0.2) is 216 Å². The highest BCUT2D eigenvalue weighted by Gasteiger charge is 2.38. The number of aromatic nitrogens is 1. The predicted molar refractivity (Wildman–Crippen MR) is 284 cm³/mol. The molecule has 1 heterocycles. The third kappa shape index (κ3) is 6.07. The van der Waals surface area contributed by atoms with Gasteiger partial charge in [-0.05, 0) is 156 Å². The molecule has 9 aromatic rings. The van der Waals surface area contributed by atoms with Gasteiger partial charge in [-0.15, -0.1) is 0 Å². The lowest BCUT2D eigenvalue weighted by atomic mass is 9.64. The maximum absolute atomic E-state index is 2.64. The molecule has 0 fully saturated rings. The average molecular weight is 856 g/mol. The Morgan fingerprint density at radius 1 is 0.537 bits per heavy atom. The largest absolute Gasteiger partial charge is 0.313 e. The highest BCUT2D eigenvalue weighted by atomic mass is 15.0. The molecule has 67 heavy (non-hydrogen) atoms. The van der Waals surface area contributed by atoms with Crippen LogP contribution in [0.25, 0.3) is 89.4 Å². The van der Waals surface area contributed by atoms with E-state index < -0.39 is 0 Å². The Hall–Kier alpha value is -7.74. The number of rotatable bonds is 5. The van der Waals surface area contributed by atoms with Crippen molar-refractivity contribution in [2.45, 2.75) is 38.5 Å². The van der Waals surface area contributed by atoms with E-state index >= 15 is 0 Å². The summed E-state index contributed by atoms with van der Waals surface area (Å²) in [6.07, 6.45) is 25.7. The average Bonchev–Trinajstić information content (AvgIpc) is 3.73. The minimum atomic E-state index is 0.350. The maximum atomic E-state index is 2.64. The molecule has 1 heteroatoms. The van der Waals surface area contributed by atoms with Gasteiger partial charge in [-0.2, -0.15) is 0 Å². The first kappa shape index (κ1) is 38.5. The van der Waals surface area contributed by atoms with Crippen LogP contribution < -0.4 is 10.4 Å². The van der Waals surface area contributed by atoms with Gasteiger partial charge >= 0.3 is 0 Å². The molecule has 0 saturated carbocycles. The molecule has 14 rings (SSSR count). The van der Waals surface area contributed by atoms with Gasteiger partial charge in [0, 0.05) is 34.2 Å². The van der Waals surface area contributed by atoms with Gasteiger partial charge in [-0.1, -0.05) is 194 Å². The standard InChI is InChI=1S/C66H49N/c1-3-18-44-38-47(34-32-42(44)16-1)64-57-28-9-10-29-58(57)66(48-35-33-43-17-2-4-19-45(43)39-48)60-41-49(36-37-59(60)64)65-55-26-7-5-24-53(55)63(54-25-6-8-27-56(54)65)46-20-15-21-50(40-46)67-61-30-13-11-22-51(61)52-23-12-14-31-62(52)67/h1-13,15-27,29-30,32-33,35,38-41,47,57H,14,28,31,34,36-37H2. The lowest BCUT2D eigenvalue weighted by Crippen LogP contribution is -2.32. The molecule has 0 amide bonds. The van der Waals surface area contributed by atoms with Gasteiger partial charge in [0.1, 0.15) is 0 Å². The predicted octanol–water partition coefficient (Wildman–Crippen LogP) is 15.4. The van der Waals surface area contributed by atoms with Crippen molar-refractivity contribution in [3.8, 4) is 16.8 Å². The van der Waals surface area contributed by atoms with Gasteiger partial charge in [-0.25, -0.2) is 0 Å². The number of allylic oxidation sites excluding steroid dienone is 11. The molecule has 1 aromatic heterocycles. The third-order valence-corrected chi connectivity index (χ3v) is 15.6. The van der Waals surface area contributed by atoms with Crippen molar-refractivity contribution in [3.63, 3.8) is 0 Å².